The van der Waals surface area contributed by atoms with Gasteiger partial charge in [-0.05, 0) is 98.4 Å². The van der Waals surface area contributed by atoms with Crippen molar-refractivity contribution in [3.05, 3.63) is 164 Å². The summed E-state index contributed by atoms with van der Waals surface area (Å²) in [5.74, 6) is 0. The Bertz CT molecular complexity index is 3050. The van der Waals surface area contributed by atoms with Crippen LogP contribution in [0.1, 0.15) is 0 Å². The van der Waals surface area contributed by atoms with Gasteiger partial charge in [-0.25, -0.2) is 0 Å². The van der Waals surface area contributed by atoms with Gasteiger partial charge in [-0.1, -0.05) is 103 Å². The fraction of sp³-hybridized carbons (Fsp3) is 0. The standard InChI is InChI=1S/C46H27NO2/c1-2-11-29(12-3-1)47-38-19-9-8-13-30(38)37-27-28(21-22-39(37)47)43-31-14-4-6-16-33(31)44(34-17-7-5-15-32(34)43)36-18-10-20-41-46(36)45-35-25-26-48-40(35)23-24-42(45)49-41/h1-27H. The molecule has 49 heavy (non-hydrogen) atoms. The van der Waals surface area contributed by atoms with Crippen LogP contribution in [0.25, 0.3) is 104 Å². The Kier molecular flexibility index (Phi) is 5.38. The summed E-state index contributed by atoms with van der Waals surface area (Å²) in [6.45, 7) is 0. The number of fused-ring (bicyclic) bond motifs is 10. The van der Waals surface area contributed by atoms with Gasteiger partial charge in [0.1, 0.15) is 16.7 Å². The third-order valence-corrected chi connectivity index (χ3v) is 10.3. The minimum Gasteiger partial charge on any atom is -0.464 e. The van der Waals surface area contributed by atoms with Gasteiger partial charge >= 0.3 is 0 Å². The Labute approximate surface area is 280 Å². The molecule has 0 N–H and O–H groups in total. The SMILES string of the molecule is c1ccc(-n2c3ccccc3c3cc(-c4c5ccccc5c(-c5cccc6oc7ccc8occc8c7c56)c5ccccc45)ccc32)cc1. The number of hydrogen-bond acceptors (Lipinski definition) is 2. The van der Waals surface area contributed by atoms with Crippen LogP contribution < -0.4 is 0 Å². The first kappa shape index (κ1) is 26.5. The quantitative estimate of drug-likeness (QED) is 0.183. The molecule has 0 spiro atoms. The van der Waals surface area contributed by atoms with Crippen molar-refractivity contribution >= 4 is 76.3 Å². The molecule has 0 aliphatic rings. The Morgan fingerprint density at radius 3 is 1.80 bits per heavy atom. The van der Waals surface area contributed by atoms with Crippen LogP contribution in [0.4, 0.5) is 0 Å². The average molecular weight is 626 g/mol. The van der Waals surface area contributed by atoms with E-state index < -0.39 is 0 Å². The van der Waals surface area contributed by atoms with Gasteiger partial charge in [0.05, 0.1) is 17.3 Å². The normalized spacial score (nSPS) is 12.1. The molecule has 3 nitrogen and oxygen atoms in total. The molecule has 0 bridgehead atoms. The lowest BCUT2D eigenvalue weighted by Crippen LogP contribution is -1.93. The highest BCUT2D eigenvalue weighted by Crippen LogP contribution is 2.48. The van der Waals surface area contributed by atoms with Gasteiger partial charge in [-0.15, -0.1) is 0 Å². The fourth-order valence-corrected chi connectivity index (χ4v) is 8.28. The fourth-order valence-electron chi connectivity index (χ4n) is 8.28. The zero-order valence-corrected chi connectivity index (χ0v) is 26.4. The lowest BCUT2D eigenvalue weighted by atomic mass is 9.84. The molecule has 0 aliphatic carbocycles. The van der Waals surface area contributed by atoms with E-state index in [1.54, 1.807) is 6.26 Å². The van der Waals surface area contributed by atoms with Gasteiger partial charge in [-0.2, -0.15) is 0 Å². The third kappa shape index (κ3) is 3.67. The maximum Gasteiger partial charge on any atom is 0.136 e. The van der Waals surface area contributed by atoms with Crippen LogP contribution in [0.15, 0.2) is 173 Å². The lowest BCUT2D eigenvalue weighted by molar-refractivity contribution is 0.615. The summed E-state index contributed by atoms with van der Waals surface area (Å²) < 4.78 is 14.7. The second kappa shape index (κ2) is 9.96. The highest BCUT2D eigenvalue weighted by atomic mass is 16.3. The lowest BCUT2D eigenvalue weighted by Gasteiger charge is -2.18. The maximum atomic E-state index is 6.48. The Balaban J connectivity index is 1.25. The van der Waals surface area contributed by atoms with E-state index in [0.717, 1.165) is 44.2 Å². The maximum absolute atomic E-state index is 6.48. The molecule has 0 fully saturated rings. The molecule has 0 radical (unpaired) electrons. The molecule has 0 atom stereocenters. The van der Waals surface area contributed by atoms with Crippen LogP contribution >= 0.6 is 0 Å². The summed E-state index contributed by atoms with van der Waals surface area (Å²) in [5.41, 5.74) is 11.0. The van der Waals surface area contributed by atoms with E-state index in [-0.39, 0.29) is 0 Å². The van der Waals surface area contributed by atoms with E-state index in [1.807, 2.05) is 18.2 Å². The van der Waals surface area contributed by atoms with Crippen LogP contribution in [-0.2, 0) is 0 Å². The number of furan rings is 2. The van der Waals surface area contributed by atoms with Crippen LogP contribution in [0.5, 0.6) is 0 Å². The molecule has 0 saturated heterocycles. The summed E-state index contributed by atoms with van der Waals surface area (Å²) >= 11 is 0. The molecule has 0 amide bonds. The van der Waals surface area contributed by atoms with Crippen LogP contribution in [0, 0.1) is 0 Å². The number of benzene rings is 8. The van der Waals surface area contributed by atoms with Crippen molar-refractivity contribution in [3.8, 4) is 27.9 Å². The number of aromatic nitrogens is 1. The third-order valence-electron chi connectivity index (χ3n) is 10.3. The summed E-state index contributed by atoms with van der Waals surface area (Å²) in [6, 6.07) is 56.6. The average Bonchev–Trinajstić information content (AvgIpc) is 3.88. The van der Waals surface area contributed by atoms with Gasteiger partial charge in [-0.3, -0.25) is 0 Å². The van der Waals surface area contributed by atoms with Gasteiger partial charge < -0.3 is 13.4 Å². The first-order valence-corrected chi connectivity index (χ1v) is 16.7. The number of rotatable bonds is 3. The predicted octanol–water partition coefficient (Wildman–Crippen LogP) is 13.1. The van der Waals surface area contributed by atoms with Crippen molar-refractivity contribution in [3.63, 3.8) is 0 Å². The molecule has 3 aromatic heterocycles. The number of para-hydroxylation sites is 2. The van der Waals surface area contributed by atoms with Gasteiger partial charge in [0, 0.05) is 32.6 Å². The minimum atomic E-state index is 0.860. The molecular formula is C46H27NO2. The summed E-state index contributed by atoms with van der Waals surface area (Å²) in [7, 11) is 0. The van der Waals surface area contributed by atoms with Gasteiger partial charge in [0.15, 0.2) is 0 Å². The van der Waals surface area contributed by atoms with E-state index >= 15 is 0 Å². The Hall–Kier alpha value is -6.58. The monoisotopic (exact) mass is 625 g/mol. The van der Waals surface area contributed by atoms with Crippen molar-refractivity contribution in [1.29, 1.82) is 0 Å². The Morgan fingerprint density at radius 2 is 1.02 bits per heavy atom. The van der Waals surface area contributed by atoms with Crippen molar-refractivity contribution in [2.45, 2.75) is 0 Å². The molecule has 0 aliphatic heterocycles. The molecule has 0 saturated carbocycles. The first-order chi connectivity index (χ1) is 24.3. The van der Waals surface area contributed by atoms with E-state index in [4.69, 9.17) is 8.83 Å². The molecular weight excluding hydrogens is 599 g/mol. The largest absolute Gasteiger partial charge is 0.464 e. The van der Waals surface area contributed by atoms with Crippen molar-refractivity contribution in [2.24, 2.45) is 0 Å². The molecule has 3 heterocycles. The molecule has 8 aromatic carbocycles. The second-order valence-electron chi connectivity index (χ2n) is 12.8. The zero-order chi connectivity index (χ0) is 32.1. The van der Waals surface area contributed by atoms with E-state index in [1.165, 1.54) is 60.0 Å². The summed E-state index contributed by atoms with van der Waals surface area (Å²) in [6.07, 6.45) is 1.76. The smallest absolute Gasteiger partial charge is 0.136 e. The van der Waals surface area contributed by atoms with Crippen LogP contribution in [0.2, 0.25) is 0 Å². The molecule has 0 unspecified atom stereocenters. The number of hydrogen-bond donors (Lipinski definition) is 0. The zero-order valence-electron chi connectivity index (χ0n) is 26.4. The minimum absolute atomic E-state index is 0.860. The summed E-state index contributed by atoms with van der Waals surface area (Å²) in [5, 5.41) is 10.6. The summed E-state index contributed by atoms with van der Waals surface area (Å²) in [4.78, 5) is 0. The number of nitrogens with zero attached hydrogens (tertiary/aromatic N) is 1. The molecule has 3 heteroatoms. The molecule has 228 valence electrons. The highest BCUT2D eigenvalue weighted by molar-refractivity contribution is 6.28. The van der Waals surface area contributed by atoms with Crippen LogP contribution in [0.3, 0.4) is 0 Å². The van der Waals surface area contributed by atoms with E-state index in [2.05, 4.69) is 144 Å². The molecule has 11 aromatic rings. The topological polar surface area (TPSA) is 31.2 Å². The van der Waals surface area contributed by atoms with E-state index in [9.17, 15) is 0 Å². The van der Waals surface area contributed by atoms with Crippen molar-refractivity contribution < 1.29 is 8.83 Å². The Morgan fingerprint density at radius 1 is 0.388 bits per heavy atom. The van der Waals surface area contributed by atoms with Gasteiger partial charge in [0.25, 0.3) is 0 Å². The van der Waals surface area contributed by atoms with Crippen molar-refractivity contribution in [1.82, 2.24) is 4.57 Å². The van der Waals surface area contributed by atoms with E-state index in [0.29, 0.717) is 0 Å². The molecule has 11 rings (SSSR count). The van der Waals surface area contributed by atoms with Gasteiger partial charge in [0.2, 0.25) is 0 Å². The second-order valence-corrected chi connectivity index (χ2v) is 12.8. The van der Waals surface area contributed by atoms with Crippen LogP contribution in [-0.4, -0.2) is 4.57 Å². The highest BCUT2D eigenvalue weighted by Gasteiger charge is 2.22. The first-order valence-electron chi connectivity index (χ1n) is 16.7. The predicted molar refractivity (Wildman–Crippen MR) is 204 cm³/mol. The van der Waals surface area contributed by atoms with Crippen molar-refractivity contribution in [2.75, 3.05) is 0 Å².